The highest BCUT2D eigenvalue weighted by Gasteiger charge is 2.38. The third-order valence-corrected chi connectivity index (χ3v) is 4.92. The van der Waals surface area contributed by atoms with Gasteiger partial charge in [-0.1, -0.05) is 48.0 Å². The van der Waals surface area contributed by atoms with Crippen LogP contribution in [-0.4, -0.2) is 35.3 Å². The Balaban J connectivity index is 1.58. The van der Waals surface area contributed by atoms with Crippen LogP contribution in [0.25, 0.3) is 0 Å². The van der Waals surface area contributed by atoms with Gasteiger partial charge >= 0.3 is 6.03 Å². The van der Waals surface area contributed by atoms with Crippen LogP contribution in [0.2, 0.25) is 5.02 Å². The highest BCUT2D eigenvalue weighted by molar-refractivity contribution is 6.31. The molecule has 0 saturated carbocycles. The maximum Gasteiger partial charge on any atom is 0.325 e. The van der Waals surface area contributed by atoms with E-state index in [1.54, 1.807) is 25.1 Å². The number of halogens is 1. The lowest BCUT2D eigenvalue weighted by atomic mass is 10.1. The average molecular weight is 386 g/mol. The van der Waals surface area contributed by atoms with E-state index in [0.29, 0.717) is 23.6 Å². The molecule has 1 heterocycles. The van der Waals surface area contributed by atoms with Gasteiger partial charge in [-0.15, -0.1) is 0 Å². The Morgan fingerprint density at radius 3 is 2.63 bits per heavy atom. The van der Waals surface area contributed by atoms with Crippen molar-refractivity contribution in [3.63, 3.8) is 0 Å². The predicted octanol–water partition coefficient (Wildman–Crippen LogP) is 3.14. The molecule has 1 aliphatic rings. The van der Waals surface area contributed by atoms with Crippen molar-refractivity contribution in [1.82, 2.24) is 10.2 Å². The molecule has 1 fully saturated rings. The number of aryl methyl sites for hydroxylation is 1. The molecule has 0 bridgehead atoms. The van der Waals surface area contributed by atoms with Gasteiger partial charge in [-0.3, -0.25) is 14.5 Å². The van der Waals surface area contributed by atoms with Crippen LogP contribution in [0, 0.1) is 6.92 Å². The molecule has 3 rings (SSSR count). The fourth-order valence-corrected chi connectivity index (χ4v) is 3.13. The molecule has 0 spiro atoms. The molecule has 1 atom stereocenters. The first-order valence-corrected chi connectivity index (χ1v) is 9.04. The van der Waals surface area contributed by atoms with Crippen LogP contribution >= 0.6 is 11.6 Å². The summed E-state index contributed by atoms with van der Waals surface area (Å²) in [5.41, 5.74) is 2.37. The summed E-state index contributed by atoms with van der Waals surface area (Å²) in [4.78, 5) is 37.8. The zero-order valence-electron chi connectivity index (χ0n) is 14.9. The summed E-state index contributed by atoms with van der Waals surface area (Å²) in [5, 5.41) is 5.88. The van der Waals surface area contributed by atoms with Crippen LogP contribution in [0.1, 0.15) is 17.5 Å². The molecule has 1 unspecified atom stereocenters. The molecule has 2 N–H and O–H groups in total. The molecular weight excluding hydrogens is 366 g/mol. The Labute approximate surface area is 162 Å². The number of amides is 4. The summed E-state index contributed by atoms with van der Waals surface area (Å²) in [5.74, 6) is -0.832. The molecule has 140 valence electrons. The number of hydrogen-bond donors (Lipinski definition) is 2. The van der Waals surface area contributed by atoms with Crippen LogP contribution in [0.4, 0.5) is 10.5 Å². The summed E-state index contributed by atoms with van der Waals surface area (Å²) in [6, 6.07) is 13.7. The number of anilines is 1. The molecule has 2 aromatic rings. The van der Waals surface area contributed by atoms with Crippen molar-refractivity contribution in [3.8, 4) is 0 Å². The summed E-state index contributed by atoms with van der Waals surface area (Å²) in [7, 11) is 0. The van der Waals surface area contributed by atoms with Gasteiger partial charge in [0.1, 0.15) is 12.6 Å². The lowest BCUT2D eigenvalue weighted by molar-refractivity contribution is -0.130. The first-order chi connectivity index (χ1) is 13.0. The van der Waals surface area contributed by atoms with E-state index in [-0.39, 0.29) is 12.5 Å². The maximum absolute atomic E-state index is 12.5. The first-order valence-electron chi connectivity index (χ1n) is 8.66. The van der Waals surface area contributed by atoms with E-state index in [2.05, 4.69) is 10.6 Å². The lowest BCUT2D eigenvalue weighted by Crippen LogP contribution is -2.38. The average Bonchev–Trinajstić information content (AvgIpc) is 2.92. The summed E-state index contributed by atoms with van der Waals surface area (Å²) in [6.07, 6.45) is 1.15. The van der Waals surface area contributed by atoms with E-state index in [9.17, 15) is 14.4 Å². The quantitative estimate of drug-likeness (QED) is 0.750. The molecule has 7 heteroatoms. The number of nitrogens with one attached hydrogen (secondary N) is 2. The second kappa shape index (κ2) is 8.22. The second-order valence-corrected chi connectivity index (χ2v) is 6.82. The van der Waals surface area contributed by atoms with Crippen molar-refractivity contribution in [3.05, 3.63) is 64.7 Å². The van der Waals surface area contributed by atoms with Gasteiger partial charge in [-0.05, 0) is 43.0 Å². The monoisotopic (exact) mass is 385 g/mol. The Morgan fingerprint density at radius 1 is 1.15 bits per heavy atom. The Hall–Kier alpha value is -2.86. The molecule has 1 saturated heterocycles. The van der Waals surface area contributed by atoms with Crippen molar-refractivity contribution >= 4 is 35.1 Å². The van der Waals surface area contributed by atoms with Gasteiger partial charge in [-0.25, -0.2) is 4.79 Å². The van der Waals surface area contributed by atoms with Gasteiger partial charge in [0.25, 0.3) is 5.91 Å². The number of hydrogen-bond acceptors (Lipinski definition) is 3. The zero-order valence-corrected chi connectivity index (χ0v) is 15.6. The van der Waals surface area contributed by atoms with Crippen LogP contribution in [0.15, 0.2) is 48.5 Å². The van der Waals surface area contributed by atoms with Gasteiger partial charge in [-0.2, -0.15) is 0 Å². The van der Waals surface area contributed by atoms with Crippen LogP contribution < -0.4 is 10.6 Å². The fourth-order valence-electron chi connectivity index (χ4n) is 2.95. The van der Waals surface area contributed by atoms with E-state index in [1.165, 1.54) is 0 Å². The molecular formula is C20H20ClN3O3. The molecule has 4 amide bonds. The minimum Gasteiger partial charge on any atom is -0.326 e. The summed E-state index contributed by atoms with van der Waals surface area (Å²) < 4.78 is 0. The van der Waals surface area contributed by atoms with E-state index >= 15 is 0 Å². The topological polar surface area (TPSA) is 78.5 Å². The third kappa shape index (κ3) is 4.46. The Kier molecular flexibility index (Phi) is 5.76. The molecule has 27 heavy (non-hydrogen) atoms. The number of benzene rings is 2. The van der Waals surface area contributed by atoms with Crippen molar-refractivity contribution in [1.29, 1.82) is 0 Å². The lowest BCUT2D eigenvalue weighted by Gasteiger charge is -2.14. The zero-order chi connectivity index (χ0) is 19.4. The molecule has 0 radical (unpaired) electrons. The van der Waals surface area contributed by atoms with Crippen LogP contribution in [-0.2, 0) is 16.0 Å². The first kappa shape index (κ1) is 18.9. The highest BCUT2D eigenvalue weighted by Crippen LogP contribution is 2.23. The van der Waals surface area contributed by atoms with E-state index < -0.39 is 18.0 Å². The largest absolute Gasteiger partial charge is 0.326 e. The van der Waals surface area contributed by atoms with Crippen molar-refractivity contribution in [2.24, 2.45) is 0 Å². The highest BCUT2D eigenvalue weighted by atomic mass is 35.5. The van der Waals surface area contributed by atoms with Crippen molar-refractivity contribution in [2.45, 2.75) is 25.8 Å². The predicted molar refractivity (Wildman–Crippen MR) is 104 cm³/mol. The molecule has 1 aliphatic heterocycles. The minimum absolute atomic E-state index is 0.335. The number of carbonyl (C=O) groups excluding carboxylic acids is 3. The number of carbonyl (C=O) groups is 3. The SMILES string of the molecule is Cc1c(Cl)cccc1NC(=O)CN1C(=O)NC(CCc2ccccc2)C1=O. The van der Waals surface area contributed by atoms with Gasteiger partial charge in [0.2, 0.25) is 5.91 Å². The third-order valence-electron chi connectivity index (χ3n) is 4.51. The van der Waals surface area contributed by atoms with Gasteiger partial charge in [0, 0.05) is 10.7 Å². The number of imide groups is 1. The van der Waals surface area contributed by atoms with E-state index in [0.717, 1.165) is 16.0 Å². The molecule has 6 nitrogen and oxygen atoms in total. The molecule has 0 aromatic heterocycles. The fraction of sp³-hybridized carbons (Fsp3) is 0.250. The molecule has 0 aliphatic carbocycles. The number of nitrogens with zero attached hydrogens (tertiary/aromatic N) is 1. The Morgan fingerprint density at radius 2 is 1.89 bits per heavy atom. The van der Waals surface area contributed by atoms with E-state index in [4.69, 9.17) is 11.6 Å². The molecule has 2 aromatic carbocycles. The smallest absolute Gasteiger partial charge is 0.325 e. The summed E-state index contributed by atoms with van der Waals surface area (Å²) in [6.45, 7) is 1.45. The minimum atomic E-state index is -0.613. The van der Waals surface area contributed by atoms with Crippen LogP contribution in [0.3, 0.4) is 0 Å². The normalized spacial score (nSPS) is 16.4. The van der Waals surface area contributed by atoms with Crippen molar-refractivity contribution in [2.75, 3.05) is 11.9 Å². The van der Waals surface area contributed by atoms with Gasteiger partial charge < -0.3 is 10.6 Å². The standard InChI is InChI=1S/C20H20ClN3O3/c1-13-15(21)8-5-9-16(13)22-18(25)12-24-19(26)17(23-20(24)27)11-10-14-6-3-2-4-7-14/h2-9,17H,10-12H2,1H3,(H,22,25)(H,23,27). The van der Waals surface area contributed by atoms with E-state index in [1.807, 2.05) is 30.3 Å². The van der Waals surface area contributed by atoms with Crippen molar-refractivity contribution < 1.29 is 14.4 Å². The maximum atomic E-state index is 12.5. The Bertz CT molecular complexity index is 870. The van der Waals surface area contributed by atoms with Gasteiger partial charge in [0.05, 0.1) is 0 Å². The number of rotatable bonds is 6. The van der Waals surface area contributed by atoms with Crippen LogP contribution in [0.5, 0.6) is 0 Å². The van der Waals surface area contributed by atoms with Gasteiger partial charge in [0.15, 0.2) is 0 Å². The number of urea groups is 1. The summed E-state index contributed by atoms with van der Waals surface area (Å²) >= 11 is 6.04. The second-order valence-electron chi connectivity index (χ2n) is 6.41.